The summed E-state index contributed by atoms with van der Waals surface area (Å²) in [7, 11) is 5.18. The normalized spacial score (nSPS) is 26.5. The van der Waals surface area contributed by atoms with Crippen molar-refractivity contribution in [3.63, 3.8) is 0 Å². The molecule has 7 aliphatic heterocycles. The van der Waals surface area contributed by atoms with E-state index in [1.54, 1.807) is 40.0 Å². The van der Waals surface area contributed by atoms with E-state index in [2.05, 4.69) is 34.3 Å². The molecule has 0 amide bonds. The topological polar surface area (TPSA) is 177 Å². The second kappa shape index (κ2) is 16.5. The second-order valence-electron chi connectivity index (χ2n) is 18.8. The van der Waals surface area contributed by atoms with Crippen molar-refractivity contribution < 1.29 is 57.0 Å². The van der Waals surface area contributed by atoms with Gasteiger partial charge in [0.1, 0.15) is 24.0 Å². The van der Waals surface area contributed by atoms with Crippen LogP contribution in [0.3, 0.4) is 0 Å². The Hall–Kier alpha value is -5.41. The third-order valence-corrected chi connectivity index (χ3v) is 14.8. The molecule has 0 aliphatic carbocycles. The Morgan fingerprint density at radius 3 is 2.40 bits per heavy atom. The van der Waals surface area contributed by atoms with Crippen molar-refractivity contribution in [3.8, 4) is 46.3 Å². The average molecular weight is 913 g/mol. The zero-order valence-corrected chi connectivity index (χ0v) is 39.5. The van der Waals surface area contributed by atoms with Crippen molar-refractivity contribution in [1.29, 1.82) is 5.26 Å². The number of aryl methyl sites for hydroxylation is 1. The molecule has 4 bridgehead atoms. The van der Waals surface area contributed by atoms with Crippen LogP contribution in [0.2, 0.25) is 0 Å². The van der Waals surface area contributed by atoms with Gasteiger partial charge in [-0.15, -0.1) is 11.8 Å². The third kappa shape index (κ3) is 7.19. The van der Waals surface area contributed by atoms with Gasteiger partial charge in [0.05, 0.1) is 43.7 Å². The summed E-state index contributed by atoms with van der Waals surface area (Å²) in [5, 5.41) is 14.4. The maximum atomic E-state index is 15.2. The number of thioether (sulfide) groups is 1. The van der Waals surface area contributed by atoms with E-state index >= 15 is 4.79 Å². The molecule has 65 heavy (non-hydrogen) atoms. The maximum absolute atomic E-state index is 15.2. The van der Waals surface area contributed by atoms with E-state index in [1.807, 2.05) is 27.7 Å². The molecule has 3 aromatic rings. The number of carbonyl (C=O) groups is 3. The molecular weight excluding hydrogens is 857 g/mol. The summed E-state index contributed by atoms with van der Waals surface area (Å²) < 4.78 is 55.1. The molecule has 1 spiro atoms. The van der Waals surface area contributed by atoms with Gasteiger partial charge in [0.15, 0.2) is 40.0 Å². The van der Waals surface area contributed by atoms with Gasteiger partial charge in [-0.3, -0.25) is 19.9 Å². The summed E-state index contributed by atoms with van der Waals surface area (Å²) in [6.45, 7) is 14.6. The van der Waals surface area contributed by atoms with Gasteiger partial charge in [-0.05, 0) is 103 Å². The molecule has 1 unspecified atom stereocenters. The minimum absolute atomic E-state index is 0.0662. The van der Waals surface area contributed by atoms with Crippen LogP contribution in [-0.4, -0.2) is 105 Å². The summed E-state index contributed by atoms with van der Waals surface area (Å²) in [5.74, 6) is 1.99. The Balaban J connectivity index is 1.28. The first-order valence-electron chi connectivity index (χ1n) is 22.0. The number of nitrogens with zero attached hydrogens (tertiary/aromatic N) is 3. The van der Waals surface area contributed by atoms with Crippen LogP contribution >= 0.6 is 11.8 Å². The molecule has 0 aromatic heterocycles. The fourth-order valence-electron chi connectivity index (χ4n) is 10.9. The molecule has 1 N–H and O–H groups in total. The first kappa shape index (κ1) is 44.8. The van der Waals surface area contributed by atoms with Crippen LogP contribution in [0.5, 0.6) is 40.2 Å². The summed E-state index contributed by atoms with van der Waals surface area (Å²) >= 11 is 1.51. The largest absolute Gasteiger partial charge is 0.514 e. The van der Waals surface area contributed by atoms with Crippen LogP contribution in [0.25, 0.3) is 0 Å². The number of nitriles is 1. The van der Waals surface area contributed by atoms with Crippen LogP contribution in [0.15, 0.2) is 18.2 Å². The molecule has 3 aromatic carbocycles. The number of piperazine rings is 1. The molecule has 346 valence electrons. The molecule has 16 nitrogen and oxygen atoms in total. The Morgan fingerprint density at radius 1 is 0.969 bits per heavy atom. The lowest BCUT2D eigenvalue weighted by Crippen LogP contribution is -2.69. The van der Waals surface area contributed by atoms with Crippen molar-refractivity contribution in [2.45, 2.75) is 121 Å². The summed E-state index contributed by atoms with van der Waals surface area (Å²) in [6.07, 6.45) is -0.0260. The number of nitrogens with one attached hydrogen (secondary N) is 1. The highest BCUT2D eigenvalue weighted by Crippen LogP contribution is 2.65. The van der Waals surface area contributed by atoms with Crippen molar-refractivity contribution in [2.75, 3.05) is 47.0 Å². The van der Waals surface area contributed by atoms with E-state index < -0.39 is 58.7 Å². The first-order valence-corrected chi connectivity index (χ1v) is 23.0. The lowest BCUT2D eigenvalue weighted by molar-refractivity contribution is -0.157. The number of benzene rings is 3. The molecule has 2 saturated heterocycles. The van der Waals surface area contributed by atoms with Crippen LogP contribution in [0, 0.1) is 25.2 Å². The highest BCUT2D eigenvalue weighted by atomic mass is 32.2. The zero-order valence-electron chi connectivity index (χ0n) is 38.7. The SMILES string of the molecule is COc1cc2c(cc1OC(=O)OC(C)(C)C)CCN[C@]21CS[C@@H]2c3c(OC(C)=O)c(C)c4c(c3[C@H](COC1=O)N1C2[C@H]2c3c(cc(C)c(OC)c3OC(C)C)C[C@@H]([C@@H]1C#N)N2C)OCO4. The van der Waals surface area contributed by atoms with Gasteiger partial charge in [0.25, 0.3) is 0 Å². The Kier molecular flexibility index (Phi) is 11.4. The highest BCUT2D eigenvalue weighted by molar-refractivity contribution is 7.99. The van der Waals surface area contributed by atoms with E-state index in [4.69, 9.17) is 42.6 Å². The minimum atomic E-state index is -1.43. The van der Waals surface area contributed by atoms with Crippen LogP contribution in [-0.2, 0) is 37.4 Å². The molecule has 0 radical (unpaired) electrons. The summed E-state index contributed by atoms with van der Waals surface area (Å²) in [5.41, 5.74) is 4.05. The summed E-state index contributed by atoms with van der Waals surface area (Å²) in [6, 6.07) is 5.69. The zero-order chi connectivity index (χ0) is 46.4. The second-order valence-corrected chi connectivity index (χ2v) is 19.9. The van der Waals surface area contributed by atoms with E-state index in [9.17, 15) is 14.9 Å². The molecule has 2 fully saturated rings. The quantitative estimate of drug-likeness (QED) is 0.157. The fourth-order valence-corrected chi connectivity index (χ4v) is 12.6. The molecule has 10 rings (SSSR count). The van der Waals surface area contributed by atoms with E-state index in [1.165, 1.54) is 25.8 Å². The number of rotatable bonds is 6. The van der Waals surface area contributed by atoms with Gasteiger partial charge >= 0.3 is 18.1 Å². The predicted octanol–water partition coefficient (Wildman–Crippen LogP) is 6.68. The van der Waals surface area contributed by atoms with E-state index in [0.717, 1.165) is 22.3 Å². The van der Waals surface area contributed by atoms with Crippen LogP contribution < -0.4 is 38.5 Å². The van der Waals surface area contributed by atoms with Crippen LogP contribution in [0.1, 0.15) is 103 Å². The van der Waals surface area contributed by atoms with E-state index in [0.29, 0.717) is 70.4 Å². The lowest BCUT2D eigenvalue weighted by atomic mass is 9.71. The lowest BCUT2D eigenvalue weighted by Gasteiger charge is -2.62. The number of methoxy groups -OCH3 is 2. The Labute approximate surface area is 383 Å². The van der Waals surface area contributed by atoms with Gasteiger partial charge in [0.2, 0.25) is 6.79 Å². The molecule has 0 saturated carbocycles. The maximum Gasteiger partial charge on any atom is 0.514 e. The number of hydrogen-bond donors (Lipinski definition) is 1. The number of hydrogen-bond acceptors (Lipinski definition) is 17. The van der Waals surface area contributed by atoms with E-state index in [-0.39, 0.29) is 42.8 Å². The molecule has 17 heteroatoms. The smallest absolute Gasteiger partial charge is 0.493 e. The monoisotopic (exact) mass is 912 g/mol. The minimum Gasteiger partial charge on any atom is -0.493 e. The fraction of sp³-hybridized carbons (Fsp3) is 0.542. The average Bonchev–Trinajstić information content (AvgIpc) is 3.73. The number of carbonyl (C=O) groups excluding carboxylic acids is 3. The molecule has 7 atom stereocenters. The first-order chi connectivity index (χ1) is 30.9. The number of ether oxygens (including phenoxy) is 9. The van der Waals surface area contributed by atoms with Gasteiger partial charge in [-0.2, -0.15) is 5.26 Å². The number of fused-ring (bicyclic) bond motifs is 9. The standard InChI is InChI=1S/C48H56N4O12S/c1-22(2)61-43-34-27(14-23(3)39(43)57-11)15-29-30(18-49)52-31-19-58-45(54)48(28-17-32(56-10)33(16-26(28)12-13-50-48)63-46(55)64-47(6,7)8)20-65-44(38(52)37(34)51(29)9)36-35(31)42-41(59-21-60-42)24(4)40(36)62-25(5)53/h14,16-17,22,29-31,37-38,44,50H,12-13,15,19-21H2,1-11H3/t29-,30-,31-,37+,38?,44+,48+/m0/s1. The van der Waals surface area contributed by atoms with Crippen molar-refractivity contribution in [3.05, 3.63) is 62.7 Å². The van der Waals surface area contributed by atoms with Gasteiger partial charge in [0, 0.05) is 53.6 Å². The van der Waals surface area contributed by atoms with Gasteiger partial charge < -0.3 is 42.6 Å². The predicted molar refractivity (Wildman–Crippen MR) is 237 cm³/mol. The summed E-state index contributed by atoms with van der Waals surface area (Å²) in [4.78, 5) is 45.8. The van der Waals surface area contributed by atoms with Gasteiger partial charge in [-0.25, -0.2) is 9.59 Å². The third-order valence-electron chi connectivity index (χ3n) is 13.3. The molecule has 7 heterocycles. The highest BCUT2D eigenvalue weighted by Gasteiger charge is 2.62. The van der Waals surface area contributed by atoms with Crippen LogP contribution in [0.4, 0.5) is 4.79 Å². The van der Waals surface area contributed by atoms with Crippen molar-refractivity contribution >= 4 is 29.9 Å². The molecule has 7 aliphatic rings. The molecular formula is C48H56N4O12S. The van der Waals surface area contributed by atoms with Gasteiger partial charge in [-0.1, -0.05) is 6.07 Å². The van der Waals surface area contributed by atoms with Crippen molar-refractivity contribution in [2.24, 2.45) is 0 Å². The Bertz CT molecular complexity index is 2530. The Morgan fingerprint density at radius 2 is 1.72 bits per heavy atom. The van der Waals surface area contributed by atoms with Crippen molar-refractivity contribution in [1.82, 2.24) is 15.1 Å². The number of likely N-dealkylation sites (N-methyl/N-ethyl adjacent to an activating group) is 1. The number of esters is 2.